The first-order chi connectivity index (χ1) is 20.6. The minimum absolute atomic E-state index is 0.0812. The lowest BCUT2D eigenvalue weighted by Gasteiger charge is -2.56. The first-order valence-electron chi connectivity index (χ1n) is 15.7. The number of ether oxygens (including phenoxy) is 2. The second-order valence-electron chi connectivity index (χ2n) is 13.6. The fourth-order valence-electron chi connectivity index (χ4n) is 8.78. The predicted molar refractivity (Wildman–Crippen MR) is 168 cm³/mol. The van der Waals surface area contributed by atoms with Gasteiger partial charge >= 0.3 is 6.03 Å². The number of nitrogens with zero attached hydrogens (tertiary/aromatic N) is 1. The zero-order chi connectivity index (χ0) is 30.4. The minimum atomic E-state index is -1.05. The predicted octanol–water partition coefficient (Wildman–Crippen LogP) is 6.71. The highest BCUT2D eigenvalue weighted by molar-refractivity contribution is 5.89. The van der Waals surface area contributed by atoms with Crippen LogP contribution in [-0.2, 0) is 6.54 Å². The molecular weight excluding hydrogens is 540 g/mol. The molecule has 2 aromatic rings. The van der Waals surface area contributed by atoms with E-state index in [0.29, 0.717) is 29.5 Å². The van der Waals surface area contributed by atoms with Crippen molar-refractivity contribution in [2.45, 2.75) is 77.0 Å². The Morgan fingerprint density at radius 1 is 0.977 bits per heavy atom. The lowest BCUT2D eigenvalue weighted by Crippen LogP contribution is -2.57. The second kappa shape index (κ2) is 11.3. The van der Waals surface area contributed by atoms with Gasteiger partial charge in [0, 0.05) is 22.7 Å². The summed E-state index contributed by atoms with van der Waals surface area (Å²) in [5.74, 6) is 2.02. The summed E-state index contributed by atoms with van der Waals surface area (Å²) in [5.41, 5.74) is 3.07. The van der Waals surface area contributed by atoms with E-state index in [1.807, 2.05) is 48.5 Å². The third-order valence-corrected chi connectivity index (χ3v) is 11.5. The topological polar surface area (TPSA) is 91.3 Å². The number of nitrogens with one attached hydrogen (secondary N) is 1. The number of methoxy groups -OCH3 is 2. The highest BCUT2D eigenvalue weighted by Crippen LogP contribution is 2.66. The number of hydrogen-bond acceptors (Lipinski definition) is 5. The standard InChI is InChI=1S/C36H46N2O5/c1-34-17-14-27(39)20-25(34)11-13-29-30(34)15-18-35(2)31(29)16-19-36(35,41)23-38(33(40)37-26-8-6-5-7-9-26)22-24-10-12-28(42-3)21-32(24)43-4/h5-13,21,27,30-31,39,41H,14-20,22-23H2,1-4H3,(H,37,40). The molecule has 2 amide bonds. The number of rotatable bonds is 7. The minimum Gasteiger partial charge on any atom is -0.497 e. The monoisotopic (exact) mass is 586 g/mol. The number of para-hydroxylation sites is 1. The third kappa shape index (κ3) is 5.14. The average Bonchev–Trinajstić information content (AvgIpc) is 3.27. The van der Waals surface area contributed by atoms with Crippen molar-refractivity contribution < 1.29 is 24.5 Å². The molecule has 2 aromatic carbocycles. The van der Waals surface area contributed by atoms with E-state index in [0.717, 1.165) is 44.1 Å². The maximum atomic E-state index is 13.9. The molecule has 6 unspecified atom stereocenters. The molecule has 4 aliphatic rings. The van der Waals surface area contributed by atoms with Gasteiger partial charge in [0.2, 0.25) is 0 Å². The molecule has 6 atom stereocenters. The van der Waals surface area contributed by atoms with Crippen LogP contribution in [0.3, 0.4) is 0 Å². The van der Waals surface area contributed by atoms with Gasteiger partial charge in [0.05, 0.1) is 39.0 Å². The third-order valence-electron chi connectivity index (χ3n) is 11.5. The number of hydrogen-bond donors (Lipinski definition) is 3. The molecule has 0 heterocycles. The Morgan fingerprint density at radius 2 is 1.74 bits per heavy atom. The molecule has 6 rings (SSSR count). The SMILES string of the molecule is COc1ccc(CN(CC2(O)CCC3C4=CC=C5CC(O)CCC5(C)C4CCC32C)C(=O)Nc2ccccc2)c(OC)c1. The van der Waals surface area contributed by atoms with Crippen LogP contribution >= 0.6 is 0 Å². The molecule has 0 aromatic heterocycles. The molecular formula is C36H46N2O5. The lowest BCUT2D eigenvalue weighted by atomic mass is 9.50. The van der Waals surface area contributed by atoms with Crippen molar-refractivity contribution in [1.29, 1.82) is 0 Å². The van der Waals surface area contributed by atoms with E-state index >= 15 is 0 Å². The van der Waals surface area contributed by atoms with E-state index in [4.69, 9.17) is 9.47 Å². The Kier molecular flexibility index (Phi) is 7.84. The van der Waals surface area contributed by atoms with Gasteiger partial charge in [-0.05, 0) is 86.5 Å². The Balaban J connectivity index is 1.30. The van der Waals surface area contributed by atoms with Crippen molar-refractivity contribution in [1.82, 2.24) is 4.90 Å². The summed E-state index contributed by atoms with van der Waals surface area (Å²) in [6.07, 6.45) is 10.4. The quantitative estimate of drug-likeness (QED) is 0.335. The van der Waals surface area contributed by atoms with Crippen LogP contribution in [0.4, 0.5) is 10.5 Å². The number of anilines is 1. The summed E-state index contributed by atoms with van der Waals surface area (Å²) in [5, 5.41) is 26.0. The number of carbonyl (C=O) groups is 1. The second-order valence-corrected chi connectivity index (χ2v) is 13.6. The Bertz CT molecular complexity index is 1420. The molecule has 0 aliphatic heterocycles. The molecule has 0 saturated heterocycles. The van der Waals surface area contributed by atoms with Crippen LogP contribution in [0, 0.1) is 22.7 Å². The van der Waals surface area contributed by atoms with Crippen molar-refractivity contribution in [3.05, 3.63) is 77.4 Å². The Morgan fingerprint density at radius 3 is 2.49 bits per heavy atom. The van der Waals surface area contributed by atoms with Gasteiger partial charge in [0.15, 0.2) is 0 Å². The zero-order valence-electron chi connectivity index (χ0n) is 25.9. The van der Waals surface area contributed by atoms with Gasteiger partial charge in [-0.1, -0.05) is 55.3 Å². The summed E-state index contributed by atoms with van der Waals surface area (Å²) in [6, 6.07) is 14.8. The number of carbonyl (C=O) groups excluding carboxylic acids is 1. The van der Waals surface area contributed by atoms with Gasteiger partial charge in [-0.2, -0.15) is 0 Å². The highest BCUT2D eigenvalue weighted by Gasteiger charge is 2.62. The number of aliphatic hydroxyl groups excluding tert-OH is 1. The summed E-state index contributed by atoms with van der Waals surface area (Å²) in [7, 11) is 3.23. The molecule has 0 spiro atoms. The fourth-order valence-corrected chi connectivity index (χ4v) is 8.78. The number of benzene rings is 2. The maximum Gasteiger partial charge on any atom is 0.322 e. The van der Waals surface area contributed by atoms with Gasteiger partial charge in [-0.15, -0.1) is 0 Å². The molecule has 4 aliphatic carbocycles. The Hall–Kier alpha value is -3.29. The van der Waals surface area contributed by atoms with Crippen LogP contribution in [0.25, 0.3) is 0 Å². The molecule has 7 nitrogen and oxygen atoms in total. The normalized spacial score (nSPS) is 32.8. The number of allylic oxidation sites excluding steroid dienone is 3. The van der Waals surface area contributed by atoms with Gasteiger partial charge in [0.1, 0.15) is 11.5 Å². The number of aliphatic hydroxyl groups is 2. The summed E-state index contributed by atoms with van der Waals surface area (Å²) in [4.78, 5) is 15.6. The van der Waals surface area contributed by atoms with Crippen LogP contribution in [0.15, 0.2) is 71.8 Å². The van der Waals surface area contributed by atoms with Gasteiger partial charge < -0.3 is 29.9 Å². The molecule has 3 N–H and O–H groups in total. The van der Waals surface area contributed by atoms with Crippen molar-refractivity contribution in [3.8, 4) is 11.5 Å². The summed E-state index contributed by atoms with van der Waals surface area (Å²) >= 11 is 0. The van der Waals surface area contributed by atoms with Crippen LogP contribution in [0.5, 0.6) is 11.5 Å². The molecule has 43 heavy (non-hydrogen) atoms. The van der Waals surface area contributed by atoms with Crippen LogP contribution in [0.1, 0.15) is 64.4 Å². The van der Waals surface area contributed by atoms with Crippen molar-refractivity contribution in [3.63, 3.8) is 0 Å². The molecule has 3 fully saturated rings. The van der Waals surface area contributed by atoms with E-state index in [1.54, 1.807) is 19.1 Å². The van der Waals surface area contributed by atoms with E-state index < -0.39 is 5.60 Å². The average molecular weight is 587 g/mol. The van der Waals surface area contributed by atoms with Crippen molar-refractivity contribution >= 4 is 11.7 Å². The highest BCUT2D eigenvalue weighted by atomic mass is 16.5. The van der Waals surface area contributed by atoms with E-state index in [9.17, 15) is 15.0 Å². The molecule has 3 saturated carbocycles. The molecule has 0 radical (unpaired) electrons. The largest absolute Gasteiger partial charge is 0.497 e. The molecule has 7 heteroatoms. The van der Waals surface area contributed by atoms with Crippen molar-refractivity contribution in [2.75, 3.05) is 26.1 Å². The fraction of sp³-hybridized carbons (Fsp3) is 0.528. The van der Waals surface area contributed by atoms with E-state index in [-0.39, 0.29) is 42.0 Å². The molecule has 0 bridgehead atoms. The first-order valence-corrected chi connectivity index (χ1v) is 15.7. The Labute approximate surface area is 255 Å². The van der Waals surface area contributed by atoms with Crippen LogP contribution in [-0.4, -0.2) is 53.6 Å². The van der Waals surface area contributed by atoms with Gasteiger partial charge in [-0.3, -0.25) is 0 Å². The lowest BCUT2D eigenvalue weighted by molar-refractivity contribution is -0.0967. The number of fused-ring (bicyclic) bond motifs is 5. The maximum absolute atomic E-state index is 13.9. The smallest absolute Gasteiger partial charge is 0.322 e. The van der Waals surface area contributed by atoms with E-state index in [1.165, 1.54) is 11.1 Å². The first kappa shape index (κ1) is 29.8. The van der Waals surface area contributed by atoms with Crippen LogP contribution in [0.2, 0.25) is 0 Å². The van der Waals surface area contributed by atoms with Gasteiger partial charge in [-0.25, -0.2) is 4.79 Å². The summed E-state index contributed by atoms with van der Waals surface area (Å²) in [6.45, 7) is 5.14. The summed E-state index contributed by atoms with van der Waals surface area (Å²) < 4.78 is 11.1. The number of amides is 2. The number of urea groups is 1. The van der Waals surface area contributed by atoms with Gasteiger partial charge in [0.25, 0.3) is 0 Å². The van der Waals surface area contributed by atoms with Crippen LogP contribution < -0.4 is 14.8 Å². The molecule has 230 valence electrons. The zero-order valence-corrected chi connectivity index (χ0v) is 25.9. The van der Waals surface area contributed by atoms with E-state index in [2.05, 4.69) is 31.3 Å². The van der Waals surface area contributed by atoms with Crippen molar-refractivity contribution in [2.24, 2.45) is 22.7 Å².